The molecule has 0 aromatic heterocycles. The number of fused-ring (bicyclic) bond motifs is 1. The van der Waals surface area contributed by atoms with Crippen LogP contribution >= 0.6 is 0 Å². The van der Waals surface area contributed by atoms with Crippen molar-refractivity contribution in [3.8, 4) is 0 Å². The quantitative estimate of drug-likeness (QED) is 0.761. The lowest BCUT2D eigenvalue weighted by Crippen LogP contribution is -2.49. The average molecular weight is 264 g/mol. The standard InChI is InChI=1S/C15H24N2O2/c1-2-16-10-12(9-14(16)18)15(19)17-8-4-6-11-5-3-7-13(11)17/h11-13H,2-10H2,1H3. The zero-order chi connectivity index (χ0) is 13.4. The summed E-state index contributed by atoms with van der Waals surface area (Å²) in [4.78, 5) is 28.4. The third kappa shape index (κ3) is 2.26. The van der Waals surface area contributed by atoms with Crippen LogP contribution < -0.4 is 0 Å². The summed E-state index contributed by atoms with van der Waals surface area (Å²) >= 11 is 0. The van der Waals surface area contributed by atoms with Gasteiger partial charge in [0.1, 0.15) is 0 Å². The maximum Gasteiger partial charge on any atom is 0.228 e. The Hall–Kier alpha value is -1.06. The smallest absolute Gasteiger partial charge is 0.228 e. The van der Waals surface area contributed by atoms with Crippen molar-refractivity contribution < 1.29 is 9.59 Å². The normalized spacial score (nSPS) is 34.8. The van der Waals surface area contributed by atoms with Gasteiger partial charge in [0.2, 0.25) is 11.8 Å². The van der Waals surface area contributed by atoms with Crippen LogP contribution in [0, 0.1) is 11.8 Å². The third-order valence-electron chi connectivity index (χ3n) is 5.22. The Kier molecular flexibility index (Phi) is 3.50. The number of piperidine rings is 1. The SMILES string of the molecule is CCN1CC(C(=O)N2CCCC3CCCC32)CC1=O. The maximum atomic E-state index is 12.7. The number of hydrogen-bond acceptors (Lipinski definition) is 2. The summed E-state index contributed by atoms with van der Waals surface area (Å²) in [5.74, 6) is 1.06. The van der Waals surface area contributed by atoms with Crippen LogP contribution in [0.2, 0.25) is 0 Å². The molecule has 1 saturated carbocycles. The molecule has 0 aromatic carbocycles. The van der Waals surface area contributed by atoms with E-state index in [9.17, 15) is 9.59 Å². The summed E-state index contributed by atoms with van der Waals surface area (Å²) in [6.45, 7) is 4.27. The van der Waals surface area contributed by atoms with Gasteiger partial charge in [-0.3, -0.25) is 9.59 Å². The fourth-order valence-corrected chi connectivity index (χ4v) is 4.21. The summed E-state index contributed by atoms with van der Waals surface area (Å²) < 4.78 is 0. The zero-order valence-electron chi connectivity index (χ0n) is 11.8. The molecule has 1 aliphatic carbocycles. The minimum Gasteiger partial charge on any atom is -0.342 e. The van der Waals surface area contributed by atoms with Gasteiger partial charge in [-0.2, -0.15) is 0 Å². The van der Waals surface area contributed by atoms with Gasteiger partial charge >= 0.3 is 0 Å². The molecule has 3 rings (SSSR count). The van der Waals surface area contributed by atoms with Gasteiger partial charge in [-0.1, -0.05) is 6.42 Å². The lowest BCUT2D eigenvalue weighted by molar-refractivity contribution is -0.140. The second kappa shape index (κ2) is 5.14. The first-order valence-electron chi connectivity index (χ1n) is 7.79. The van der Waals surface area contributed by atoms with Gasteiger partial charge in [0, 0.05) is 32.1 Å². The fourth-order valence-electron chi connectivity index (χ4n) is 4.21. The van der Waals surface area contributed by atoms with E-state index in [1.165, 1.54) is 25.7 Å². The number of hydrogen-bond donors (Lipinski definition) is 0. The molecule has 3 aliphatic rings. The molecule has 3 atom stereocenters. The molecule has 2 amide bonds. The van der Waals surface area contributed by atoms with Crippen molar-refractivity contribution in [2.45, 2.75) is 51.5 Å². The Bertz CT molecular complexity index is 382. The first-order chi connectivity index (χ1) is 9.20. The molecule has 2 heterocycles. The van der Waals surface area contributed by atoms with E-state index in [4.69, 9.17) is 0 Å². The van der Waals surface area contributed by atoms with E-state index >= 15 is 0 Å². The van der Waals surface area contributed by atoms with E-state index in [1.54, 1.807) is 0 Å². The molecule has 0 bridgehead atoms. The highest BCUT2D eigenvalue weighted by molar-refractivity contribution is 5.89. The minimum absolute atomic E-state index is 0.0770. The Morgan fingerprint density at radius 3 is 2.79 bits per heavy atom. The van der Waals surface area contributed by atoms with Gasteiger partial charge in [0.05, 0.1) is 5.92 Å². The lowest BCUT2D eigenvalue weighted by Gasteiger charge is -2.39. The maximum absolute atomic E-state index is 12.7. The number of carbonyl (C=O) groups excluding carboxylic acids is 2. The van der Waals surface area contributed by atoms with E-state index in [1.807, 2.05) is 11.8 Å². The molecule has 3 fully saturated rings. The van der Waals surface area contributed by atoms with Crippen molar-refractivity contribution in [1.82, 2.24) is 9.80 Å². The van der Waals surface area contributed by atoms with Crippen molar-refractivity contribution >= 4 is 11.8 Å². The molecule has 0 radical (unpaired) electrons. The first kappa shape index (κ1) is 12.9. The summed E-state index contributed by atoms with van der Waals surface area (Å²) in [5, 5.41) is 0. The van der Waals surface area contributed by atoms with Crippen molar-refractivity contribution in [1.29, 1.82) is 0 Å². The summed E-state index contributed by atoms with van der Waals surface area (Å²) in [7, 11) is 0. The summed E-state index contributed by atoms with van der Waals surface area (Å²) in [6, 6.07) is 0.479. The van der Waals surface area contributed by atoms with Gasteiger partial charge < -0.3 is 9.80 Å². The molecule has 4 heteroatoms. The fraction of sp³-hybridized carbons (Fsp3) is 0.867. The van der Waals surface area contributed by atoms with Crippen molar-refractivity contribution in [3.05, 3.63) is 0 Å². The van der Waals surface area contributed by atoms with Crippen LogP contribution in [0.4, 0.5) is 0 Å². The molecule has 2 saturated heterocycles. The molecule has 19 heavy (non-hydrogen) atoms. The molecule has 0 aromatic rings. The van der Waals surface area contributed by atoms with Crippen molar-refractivity contribution in [2.24, 2.45) is 11.8 Å². The topological polar surface area (TPSA) is 40.6 Å². The van der Waals surface area contributed by atoms with Crippen molar-refractivity contribution in [2.75, 3.05) is 19.6 Å². The van der Waals surface area contributed by atoms with Crippen molar-refractivity contribution in [3.63, 3.8) is 0 Å². The van der Waals surface area contributed by atoms with Gasteiger partial charge in [0.15, 0.2) is 0 Å². The van der Waals surface area contributed by atoms with Crippen LogP contribution in [0.3, 0.4) is 0 Å². The number of nitrogens with zero attached hydrogens (tertiary/aromatic N) is 2. The highest BCUT2D eigenvalue weighted by Crippen LogP contribution is 2.38. The molecular weight excluding hydrogens is 240 g/mol. The summed E-state index contributed by atoms with van der Waals surface area (Å²) in [6.07, 6.45) is 6.60. The van der Waals surface area contributed by atoms with Crippen LogP contribution in [-0.2, 0) is 9.59 Å². The van der Waals surface area contributed by atoms with Crippen LogP contribution in [0.25, 0.3) is 0 Å². The largest absolute Gasteiger partial charge is 0.342 e. The van der Waals surface area contributed by atoms with Gasteiger partial charge in [-0.05, 0) is 38.5 Å². The van der Waals surface area contributed by atoms with Gasteiger partial charge in [-0.25, -0.2) is 0 Å². The average Bonchev–Trinajstić information content (AvgIpc) is 3.03. The first-order valence-corrected chi connectivity index (χ1v) is 7.79. The van der Waals surface area contributed by atoms with Gasteiger partial charge in [0.25, 0.3) is 0 Å². The van der Waals surface area contributed by atoms with E-state index in [-0.39, 0.29) is 17.7 Å². The number of amides is 2. The molecule has 0 N–H and O–H groups in total. The molecular formula is C15H24N2O2. The Morgan fingerprint density at radius 2 is 2.05 bits per heavy atom. The lowest BCUT2D eigenvalue weighted by atomic mass is 9.90. The van der Waals surface area contributed by atoms with E-state index in [0.29, 0.717) is 19.0 Å². The predicted molar refractivity (Wildman–Crippen MR) is 72.4 cm³/mol. The second-order valence-electron chi connectivity index (χ2n) is 6.27. The summed E-state index contributed by atoms with van der Waals surface area (Å²) in [5.41, 5.74) is 0. The number of likely N-dealkylation sites (tertiary alicyclic amines) is 2. The number of rotatable bonds is 2. The van der Waals surface area contributed by atoms with E-state index in [0.717, 1.165) is 25.4 Å². The molecule has 3 unspecified atom stereocenters. The Balaban J connectivity index is 1.68. The van der Waals surface area contributed by atoms with Crippen LogP contribution in [0.1, 0.15) is 45.4 Å². The van der Waals surface area contributed by atoms with Crippen LogP contribution in [0.5, 0.6) is 0 Å². The Labute approximate surface area is 115 Å². The third-order valence-corrected chi connectivity index (χ3v) is 5.22. The highest BCUT2D eigenvalue weighted by atomic mass is 16.2. The number of carbonyl (C=O) groups is 2. The molecule has 2 aliphatic heterocycles. The molecule has 4 nitrogen and oxygen atoms in total. The minimum atomic E-state index is -0.0770. The Morgan fingerprint density at radius 1 is 1.26 bits per heavy atom. The second-order valence-corrected chi connectivity index (χ2v) is 6.27. The van der Waals surface area contributed by atoms with Gasteiger partial charge in [-0.15, -0.1) is 0 Å². The van der Waals surface area contributed by atoms with E-state index in [2.05, 4.69) is 4.90 Å². The van der Waals surface area contributed by atoms with E-state index < -0.39 is 0 Å². The van der Waals surface area contributed by atoms with Crippen LogP contribution in [-0.4, -0.2) is 47.3 Å². The predicted octanol–water partition coefficient (Wildman–Crippen LogP) is 1.65. The zero-order valence-corrected chi connectivity index (χ0v) is 11.8. The molecule has 0 spiro atoms. The monoisotopic (exact) mass is 264 g/mol. The highest BCUT2D eigenvalue weighted by Gasteiger charge is 2.42. The van der Waals surface area contributed by atoms with Crippen LogP contribution in [0.15, 0.2) is 0 Å². The molecule has 106 valence electrons.